The lowest BCUT2D eigenvalue weighted by molar-refractivity contribution is 1.70. The zero-order chi connectivity index (χ0) is 28.8. The molecule has 0 spiro atoms. The highest BCUT2D eigenvalue weighted by Gasteiger charge is 2.20. The van der Waals surface area contributed by atoms with E-state index in [2.05, 4.69) is 158 Å². The molecule has 202 valence electrons. The summed E-state index contributed by atoms with van der Waals surface area (Å²) < 4.78 is 0. The van der Waals surface area contributed by atoms with E-state index in [1.165, 1.54) is 97.7 Å². The number of hydrogen-bond acceptors (Lipinski definition) is 0. The van der Waals surface area contributed by atoms with Crippen LogP contribution in [0.3, 0.4) is 0 Å². The SMILES string of the molecule is c1ccc2c(c1)ccc1cccc(-c3c4ccccc4c(-c4ccc5ccc6cccc7ccc4c5c67)c4ccccc34)c12. The first kappa shape index (κ1) is 23.8. The Morgan fingerprint density at radius 1 is 0.205 bits per heavy atom. The highest BCUT2D eigenvalue weighted by molar-refractivity contribution is 6.30. The standard InChI is InChI=1S/C44H26/c1-2-13-32-27(9-1)19-20-30-12-8-18-39(41(30)32)44-35-16-5-3-14-33(35)43(34-15-4-6-17-36(34)44)38-26-24-31-22-21-28-10-7-11-29-23-25-37(38)42(31)40(28)29/h1-26H. The highest BCUT2D eigenvalue weighted by Crippen LogP contribution is 2.48. The van der Waals surface area contributed by atoms with Crippen molar-refractivity contribution < 1.29 is 0 Å². The second-order valence-electron chi connectivity index (χ2n) is 12.0. The number of rotatable bonds is 2. The van der Waals surface area contributed by atoms with Crippen molar-refractivity contribution in [1.82, 2.24) is 0 Å². The van der Waals surface area contributed by atoms with Crippen LogP contribution in [0.4, 0.5) is 0 Å². The Kier molecular flexibility index (Phi) is 4.81. The zero-order valence-electron chi connectivity index (χ0n) is 24.0. The van der Waals surface area contributed by atoms with E-state index in [1.807, 2.05) is 0 Å². The molecule has 0 fully saturated rings. The van der Waals surface area contributed by atoms with Crippen molar-refractivity contribution in [3.63, 3.8) is 0 Å². The maximum Gasteiger partial charge on any atom is -0.00199 e. The van der Waals surface area contributed by atoms with Gasteiger partial charge in [-0.3, -0.25) is 0 Å². The molecular weight excluding hydrogens is 528 g/mol. The van der Waals surface area contributed by atoms with Gasteiger partial charge < -0.3 is 0 Å². The summed E-state index contributed by atoms with van der Waals surface area (Å²) in [6.45, 7) is 0. The van der Waals surface area contributed by atoms with Gasteiger partial charge in [-0.25, -0.2) is 0 Å². The van der Waals surface area contributed by atoms with E-state index < -0.39 is 0 Å². The number of hydrogen-bond donors (Lipinski definition) is 0. The molecule has 10 aromatic carbocycles. The van der Waals surface area contributed by atoms with Crippen molar-refractivity contribution in [1.29, 1.82) is 0 Å². The van der Waals surface area contributed by atoms with Crippen LogP contribution in [0.1, 0.15) is 0 Å². The lowest BCUT2D eigenvalue weighted by Gasteiger charge is -2.21. The minimum atomic E-state index is 1.27. The maximum atomic E-state index is 2.35. The maximum absolute atomic E-state index is 2.35. The van der Waals surface area contributed by atoms with Gasteiger partial charge in [0, 0.05) is 0 Å². The van der Waals surface area contributed by atoms with Gasteiger partial charge in [-0.1, -0.05) is 158 Å². The first-order valence-corrected chi connectivity index (χ1v) is 15.4. The summed E-state index contributed by atoms with van der Waals surface area (Å²) in [6, 6.07) is 58.6. The molecule has 0 atom stereocenters. The van der Waals surface area contributed by atoms with Crippen LogP contribution >= 0.6 is 0 Å². The van der Waals surface area contributed by atoms with E-state index in [0.717, 1.165) is 0 Å². The fourth-order valence-corrected chi connectivity index (χ4v) is 7.93. The molecule has 0 nitrogen and oxygen atoms in total. The van der Waals surface area contributed by atoms with E-state index >= 15 is 0 Å². The highest BCUT2D eigenvalue weighted by atomic mass is 14.2. The van der Waals surface area contributed by atoms with Crippen LogP contribution in [0, 0.1) is 0 Å². The van der Waals surface area contributed by atoms with Gasteiger partial charge in [0.2, 0.25) is 0 Å². The molecule has 0 N–H and O–H groups in total. The minimum absolute atomic E-state index is 1.27. The Morgan fingerprint density at radius 2 is 0.636 bits per heavy atom. The molecule has 10 aromatic rings. The average Bonchev–Trinajstić information content (AvgIpc) is 3.09. The van der Waals surface area contributed by atoms with E-state index in [-0.39, 0.29) is 0 Å². The van der Waals surface area contributed by atoms with Crippen molar-refractivity contribution >= 4 is 75.4 Å². The molecule has 44 heavy (non-hydrogen) atoms. The van der Waals surface area contributed by atoms with Crippen molar-refractivity contribution in [3.05, 3.63) is 158 Å². The Morgan fingerprint density at radius 3 is 1.30 bits per heavy atom. The number of benzene rings is 10. The Labute approximate surface area is 254 Å². The lowest BCUT2D eigenvalue weighted by Crippen LogP contribution is -1.93. The largest absolute Gasteiger partial charge is 0.0616 e. The third kappa shape index (κ3) is 3.17. The van der Waals surface area contributed by atoms with Crippen LogP contribution < -0.4 is 0 Å². The van der Waals surface area contributed by atoms with E-state index in [1.54, 1.807) is 0 Å². The quantitative estimate of drug-likeness (QED) is 0.147. The molecule has 10 rings (SSSR count). The zero-order valence-corrected chi connectivity index (χ0v) is 24.0. The molecule has 0 bridgehead atoms. The van der Waals surface area contributed by atoms with E-state index in [9.17, 15) is 0 Å². The first-order valence-electron chi connectivity index (χ1n) is 15.4. The number of fused-ring (bicyclic) bond motifs is 5. The molecule has 0 aromatic heterocycles. The summed E-state index contributed by atoms with van der Waals surface area (Å²) in [5, 5.41) is 18.2. The summed E-state index contributed by atoms with van der Waals surface area (Å²) in [6.07, 6.45) is 0. The molecule has 0 heterocycles. The van der Waals surface area contributed by atoms with Gasteiger partial charge >= 0.3 is 0 Å². The summed E-state index contributed by atoms with van der Waals surface area (Å²) in [7, 11) is 0. The third-order valence-corrected chi connectivity index (χ3v) is 9.77. The fourth-order valence-electron chi connectivity index (χ4n) is 7.93. The summed E-state index contributed by atoms with van der Waals surface area (Å²) in [4.78, 5) is 0. The van der Waals surface area contributed by atoms with Gasteiger partial charge in [0.15, 0.2) is 0 Å². The Bertz CT molecular complexity index is 2690. The minimum Gasteiger partial charge on any atom is -0.0616 e. The van der Waals surface area contributed by atoms with Crippen LogP contribution in [0.15, 0.2) is 158 Å². The first-order chi connectivity index (χ1) is 21.8. The average molecular weight is 555 g/mol. The molecule has 0 aliphatic heterocycles. The summed E-state index contributed by atoms with van der Waals surface area (Å²) in [5.41, 5.74) is 5.19. The molecule has 0 heteroatoms. The van der Waals surface area contributed by atoms with Gasteiger partial charge in [0.05, 0.1) is 0 Å². The molecular formula is C44H26. The second-order valence-corrected chi connectivity index (χ2v) is 12.0. The summed E-state index contributed by atoms with van der Waals surface area (Å²) >= 11 is 0. The topological polar surface area (TPSA) is 0 Å². The van der Waals surface area contributed by atoms with Crippen molar-refractivity contribution in [3.8, 4) is 22.3 Å². The van der Waals surface area contributed by atoms with Crippen LogP contribution in [-0.4, -0.2) is 0 Å². The smallest absolute Gasteiger partial charge is 0.00199 e. The predicted octanol–water partition coefficient (Wildman–Crippen LogP) is 12.5. The van der Waals surface area contributed by atoms with Crippen molar-refractivity contribution in [2.45, 2.75) is 0 Å². The van der Waals surface area contributed by atoms with E-state index in [4.69, 9.17) is 0 Å². The normalized spacial score (nSPS) is 12.1. The van der Waals surface area contributed by atoms with Crippen LogP contribution in [0.5, 0.6) is 0 Å². The van der Waals surface area contributed by atoms with Gasteiger partial charge in [-0.2, -0.15) is 0 Å². The summed E-state index contributed by atoms with van der Waals surface area (Å²) in [5.74, 6) is 0. The van der Waals surface area contributed by atoms with Gasteiger partial charge in [-0.05, 0) is 97.7 Å². The molecule has 0 saturated carbocycles. The van der Waals surface area contributed by atoms with Crippen LogP contribution in [0.2, 0.25) is 0 Å². The third-order valence-electron chi connectivity index (χ3n) is 9.77. The fraction of sp³-hybridized carbons (Fsp3) is 0. The predicted molar refractivity (Wildman–Crippen MR) is 191 cm³/mol. The molecule has 0 aliphatic rings. The Balaban J connectivity index is 1.39. The van der Waals surface area contributed by atoms with E-state index in [0.29, 0.717) is 0 Å². The van der Waals surface area contributed by atoms with Crippen LogP contribution in [0.25, 0.3) is 97.7 Å². The molecule has 0 aliphatic carbocycles. The molecule has 0 saturated heterocycles. The lowest BCUT2D eigenvalue weighted by atomic mass is 9.82. The molecule has 0 amide bonds. The van der Waals surface area contributed by atoms with Gasteiger partial charge in [-0.15, -0.1) is 0 Å². The molecule has 0 unspecified atom stereocenters. The van der Waals surface area contributed by atoms with Crippen molar-refractivity contribution in [2.24, 2.45) is 0 Å². The monoisotopic (exact) mass is 554 g/mol. The van der Waals surface area contributed by atoms with Gasteiger partial charge in [0.1, 0.15) is 0 Å². The van der Waals surface area contributed by atoms with Crippen LogP contribution in [-0.2, 0) is 0 Å². The second kappa shape index (κ2) is 8.89. The van der Waals surface area contributed by atoms with Crippen molar-refractivity contribution in [2.75, 3.05) is 0 Å². The Hall–Kier alpha value is -5.72. The van der Waals surface area contributed by atoms with Gasteiger partial charge in [0.25, 0.3) is 0 Å². The molecule has 0 radical (unpaired) electrons.